The van der Waals surface area contributed by atoms with Gasteiger partial charge in [0.25, 0.3) is 5.56 Å². The fourth-order valence-electron chi connectivity index (χ4n) is 1.58. The van der Waals surface area contributed by atoms with Gasteiger partial charge in [0.15, 0.2) is 0 Å². The Kier molecular flexibility index (Phi) is 5.05. The molecule has 0 atom stereocenters. The van der Waals surface area contributed by atoms with E-state index in [0.29, 0.717) is 25.2 Å². The topological polar surface area (TPSA) is 76.3 Å². The molecule has 7 nitrogen and oxygen atoms in total. The average Bonchev–Trinajstić information content (AvgIpc) is 2.37. The summed E-state index contributed by atoms with van der Waals surface area (Å²) in [5, 5.41) is 3.05. The van der Waals surface area contributed by atoms with Crippen LogP contribution in [0.15, 0.2) is 15.7 Å². The van der Waals surface area contributed by atoms with Gasteiger partial charge in [0.05, 0.1) is 0 Å². The van der Waals surface area contributed by atoms with Crippen molar-refractivity contribution in [3.8, 4) is 0 Å². The molecule has 0 aliphatic carbocycles. The number of amides is 1. The van der Waals surface area contributed by atoms with Crippen LogP contribution in [0.2, 0.25) is 0 Å². The van der Waals surface area contributed by atoms with Crippen LogP contribution >= 0.6 is 0 Å². The lowest BCUT2D eigenvalue weighted by atomic mass is 10.3. The van der Waals surface area contributed by atoms with Crippen molar-refractivity contribution >= 4 is 5.91 Å². The molecule has 0 unspecified atom stereocenters. The largest absolute Gasteiger partial charge is 0.349 e. The molecule has 0 aliphatic heterocycles. The standard InChI is InChI=1S/C12H20N4O3/c1-14(2)10(17)5-6-13-8-9-7-11(18)16(4)12(19)15(9)3/h7,13H,5-6,8H2,1-4H3. The highest BCUT2D eigenvalue weighted by atomic mass is 16.2. The summed E-state index contributed by atoms with van der Waals surface area (Å²) >= 11 is 0. The maximum Gasteiger partial charge on any atom is 0.330 e. The maximum absolute atomic E-state index is 11.7. The Bertz CT molecular complexity index is 571. The minimum Gasteiger partial charge on any atom is -0.349 e. The first-order valence-corrected chi connectivity index (χ1v) is 6.01. The minimum atomic E-state index is -0.353. The second-order valence-electron chi connectivity index (χ2n) is 4.59. The predicted molar refractivity (Wildman–Crippen MR) is 71.9 cm³/mol. The lowest BCUT2D eigenvalue weighted by molar-refractivity contribution is -0.128. The van der Waals surface area contributed by atoms with Crippen LogP contribution in [0.1, 0.15) is 12.1 Å². The molecule has 0 aliphatic rings. The fourth-order valence-corrected chi connectivity index (χ4v) is 1.58. The molecule has 0 radical (unpaired) electrons. The molecule has 1 rings (SSSR count). The highest BCUT2D eigenvalue weighted by Crippen LogP contribution is 1.91. The summed E-state index contributed by atoms with van der Waals surface area (Å²) in [4.78, 5) is 36.1. The van der Waals surface area contributed by atoms with Crippen LogP contribution in [0.4, 0.5) is 0 Å². The molecule has 0 aromatic carbocycles. The minimum absolute atomic E-state index is 0.0327. The first-order valence-electron chi connectivity index (χ1n) is 6.01. The molecule has 106 valence electrons. The second kappa shape index (κ2) is 6.33. The first kappa shape index (κ1) is 15.2. The van der Waals surface area contributed by atoms with Crippen LogP contribution in [0.25, 0.3) is 0 Å². The molecule has 1 amide bonds. The second-order valence-corrected chi connectivity index (χ2v) is 4.59. The van der Waals surface area contributed by atoms with Crippen molar-refractivity contribution in [2.24, 2.45) is 14.1 Å². The van der Waals surface area contributed by atoms with E-state index in [1.54, 1.807) is 21.1 Å². The van der Waals surface area contributed by atoms with Gasteiger partial charge in [-0.05, 0) is 0 Å². The zero-order chi connectivity index (χ0) is 14.6. The third-order valence-corrected chi connectivity index (χ3v) is 2.95. The van der Waals surface area contributed by atoms with Crippen molar-refractivity contribution in [2.45, 2.75) is 13.0 Å². The Labute approximate surface area is 111 Å². The van der Waals surface area contributed by atoms with Gasteiger partial charge in [0.1, 0.15) is 0 Å². The van der Waals surface area contributed by atoms with Gasteiger partial charge in [-0.25, -0.2) is 4.79 Å². The van der Waals surface area contributed by atoms with Crippen molar-refractivity contribution in [3.63, 3.8) is 0 Å². The molecule has 1 aromatic heterocycles. The summed E-state index contributed by atoms with van der Waals surface area (Å²) in [5.74, 6) is 0.0327. The Morgan fingerprint density at radius 2 is 1.89 bits per heavy atom. The van der Waals surface area contributed by atoms with E-state index in [1.807, 2.05) is 0 Å². The van der Waals surface area contributed by atoms with Crippen LogP contribution in [-0.4, -0.2) is 40.6 Å². The summed E-state index contributed by atoms with van der Waals surface area (Å²) in [6.45, 7) is 0.878. The molecule has 19 heavy (non-hydrogen) atoms. The van der Waals surface area contributed by atoms with Crippen LogP contribution in [0, 0.1) is 0 Å². The van der Waals surface area contributed by atoms with Gasteiger partial charge in [-0.15, -0.1) is 0 Å². The van der Waals surface area contributed by atoms with E-state index in [1.165, 1.54) is 22.6 Å². The van der Waals surface area contributed by atoms with Gasteiger partial charge in [0.2, 0.25) is 5.91 Å². The molecule has 7 heteroatoms. The number of carbonyl (C=O) groups excluding carboxylic acids is 1. The monoisotopic (exact) mass is 268 g/mol. The van der Waals surface area contributed by atoms with E-state index in [0.717, 1.165) is 4.57 Å². The molecule has 1 N–H and O–H groups in total. The van der Waals surface area contributed by atoms with E-state index in [-0.39, 0.29) is 17.2 Å². The summed E-state index contributed by atoms with van der Waals surface area (Å²) in [6, 6.07) is 1.42. The van der Waals surface area contributed by atoms with Gasteiger partial charge in [-0.2, -0.15) is 0 Å². The van der Waals surface area contributed by atoms with E-state index in [2.05, 4.69) is 5.32 Å². The van der Waals surface area contributed by atoms with Gasteiger partial charge >= 0.3 is 5.69 Å². The van der Waals surface area contributed by atoms with Gasteiger partial charge < -0.3 is 10.2 Å². The quantitative estimate of drug-likeness (QED) is 0.670. The Balaban J connectivity index is 2.63. The Hall–Kier alpha value is -1.89. The number of hydrogen-bond donors (Lipinski definition) is 1. The van der Waals surface area contributed by atoms with E-state index >= 15 is 0 Å². The van der Waals surface area contributed by atoms with Crippen molar-refractivity contribution in [1.82, 2.24) is 19.4 Å². The molecular formula is C12H20N4O3. The molecule has 1 heterocycles. The molecular weight excluding hydrogens is 248 g/mol. The van der Waals surface area contributed by atoms with Crippen molar-refractivity contribution < 1.29 is 4.79 Å². The van der Waals surface area contributed by atoms with E-state index in [4.69, 9.17) is 0 Å². The zero-order valence-corrected chi connectivity index (χ0v) is 11.8. The highest BCUT2D eigenvalue weighted by molar-refractivity contribution is 5.75. The SMILES string of the molecule is CN(C)C(=O)CCNCc1cc(=O)n(C)c(=O)n1C. The first-order chi connectivity index (χ1) is 8.84. The summed E-state index contributed by atoms with van der Waals surface area (Å²) in [6.07, 6.45) is 0.381. The predicted octanol–water partition coefficient (Wildman–Crippen LogP) is -1.35. The summed E-state index contributed by atoms with van der Waals surface area (Å²) in [7, 11) is 6.46. The van der Waals surface area contributed by atoms with Crippen molar-refractivity contribution in [3.05, 3.63) is 32.6 Å². The third kappa shape index (κ3) is 3.78. The van der Waals surface area contributed by atoms with Gasteiger partial charge in [0, 0.05) is 59.5 Å². The molecule has 0 spiro atoms. The number of rotatable bonds is 5. The summed E-state index contributed by atoms with van der Waals surface area (Å²) in [5.41, 5.74) is -0.0802. The average molecular weight is 268 g/mol. The van der Waals surface area contributed by atoms with Gasteiger partial charge in [-0.1, -0.05) is 0 Å². The zero-order valence-electron chi connectivity index (χ0n) is 11.8. The van der Waals surface area contributed by atoms with Crippen LogP contribution in [0.5, 0.6) is 0 Å². The van der Waals surface area contributed by atoms with Crippen LogP contribution < -0.4 is 16.6 Å². The number of nitrogens with zero attached hydrogens (tertiary/aromatic N) is 3. The van der Waals surface area contributed by atoms with E-state index in [9.17, 15) is 14.4 Å². The Morgan fingerprint density at radius 1 is 1.26 bits per heavy atom. The normalized spacial score (nSPS) is 10.5. The Morgan fingerprint density at radius 3 is 2.47 bits per heavy atom. The lowest BCUT2D eigenvalue weighted by Gasteiger charge is -2.12. The third-order valence-electron chi connectivity index (χ3n) is 2.95. The lowest BCUT2D eigenvalue weighted by Crippen LogP contribution is -2.39. The number of nitrogens with one attached hydrogen (secondary N) is 1. The highest BCUT2D eigenvalue weighted by Gasteiger charge is 2.06. The molecule has 0 fully saturated rings. The fraction of sp³-hybridized carbons (Fsp3) is 0.583. The van der Waals surface area contributed by atoms with Crippen molar-refractivity contribution in [1.29, 1.82) is 0 Å². The molecule has 0 bridgehead atoms. The maximum atomic E-state index is 11.7. The number of aromatic nitrogens is 2. The molecule has 0 saturated heterocycles. The summed E-state index contributed by atoms with van der Waals surface area (Å²) < 4.78 is 2.47. The van der Waals surface area contributed by atoms with Crippen molar-refractivity contribution in [2.75, 3.05) is 20.6 Å². The number of hydrogen-bond acceptors (Lipinski definition) is 4. The smallest absolute Gasteiger partial charge is 0.330 e. The number of carbonyl (C=O) groups is 1. The van der Waals surface area contributed by atoms with Crippen LogP contribution in [0.3, 0.4) is 0 Å². The molecule has 1 aromatic rings. The van der Waals surface area contributed by atoms with Gasteiger partial charge in [-0.3, -0.25) is 18.7 Å². The molecule has 0 saturated carbocycles. The van der Waals surface area contributed by atoms with E-state index < -0.39 is 0 Å². The van der Waals surface area contributed by atoms with Crippen LogP contribution in [-0.2, 0) is 25.4 Å².